The van der Waals surface area contributed by atoms with E-state index in [4.69, 9.17) is 0 Å². The highest BCUT2D eigenvalue weighted by Gasteiger charge is 2.11. The molecule has 0 aliphatic carbocycles. The van der Waals surface area contributed by atoms with E-state index in [9.17, 15) is 9.00 Å². The molecular weight excluding hydrogens is 198 g/mol. The number of rotatable bonds is 3. The molecule has 0 aliphatic heterocycles. The molecule has 1 amide bonds. The first-order valence-corrected chi connectivity index (χ1v) is 5.95. The Hall–Kier alpha value is -1.16. The van der Waals surface area contributed by atoms with E-state index < -0.39 is 10.8 Å². The highest BCUT2D eigenvalue weighted by Crippen LogP contribution is 2.10. The van der Waals surface area contributed by atoms with Crippen LogP contribution in [0, 0.1) is 0 Å². The van der Waals surface area contributed by atoms with Crippen molar-refractivity contribution in [2.45, 2.75) is 0 Å². The Morgan fingerprint density at radius 2 is 1.93 bits per heavy atom. The number of carbonyl (C=O) groups is 1. The van der Waals surface area contributed by atoms with Gasteiger partial charge in [-0.25, -0.2) is 0 Å². The lowest BCUT2D eigenvalue weighted by Crippen LogP contribution is -2.30. The van der Waals surface area contributed by atoms with Crippen LogP contribution in [0.1, 0.15) is 0 Å². The average molecular weight is 211 g/mol. The number of hydrogen-bond donors (Lipinski definition) is 0. The third-order valence-electron chi connectivity index (χ3n) is 1.84. The van der Waals surface area contributed by atoms with Crippen molar-refractivity contribution in [3.05, 3.63) is 30.3 Å². The summed E-state index contributed by atoms with van der Waals surface area (Å²) >= 11 is 0. The SMILES string of the molecule is CN(C(=O)CS(C)=O)c1ccccc1. The maximum Gasteiger partial charge on any atom is 0.239 e. The van der Waals surface area contributed by atoms with Crippen molar-refractivity contribution < 1.29 is 9.00 Å². The maximum absolute atomic E-state index is 11.5. The number of nitrogens with zero attached hydrogens (tertiary/aromatic N) is 1. The summed E-state index contributed by atoms with van der Waals surface area (Å²) in [5, 5.41) is 0. The maximum atomic E-state index is 11.5. The summed E-state index contributed by atoms with van der Waals surface area (Å²) in [6.07, 6.45) is 1.52. The molecule has 3 nitrogen and oxygen atoms in total. The molecule has 0 heterocycles. The van der Waals surface area contributed by atoms with E-state index in [1.807, 2.05) is 30.3 Å². The summed E-state index contributed by atoms with van der Waals surface area (Å²) in [6.45, 7) is 0. The van der Waals surface area contributed by atoms with Crippen molar-refractivity contribution in [1.29, 1.82) is 0 Å². The quantitative estimate of drug-likeness (QED) is 0.748. The second-order valence-corrected chi connectivity index (χ2v) is 4.44. The van der Waals surface area contributed by atoms with E-state index in [1.165, 1.54) is 11.2 Å². The predicted molar refractivity (Wildman–Crippen MR) is 58.8 cm³/mol. The monoisotopic (exact) mass is 211 g/mol. The van der Waals surface area contributed by atoms with Crippen LogP contribution in [0.15, 0.2) is 30.3 Å². The average Bonchev–Trinajstić information content (AvgIpc) is 2.17. The summed E-state index contributed by atoms with van der Waals surface area (Å²) in [6, 6.07) is 9.30. The zero-order valence-corrected chi connectivity index (χ0v) is 9.08. The second-order valence-electron chi connectivity index (χ2n) is 3.01. The van der Waals surface area contributed by atoms with Crippen molar-refractivity contribution in [1.82, 2.24) is 0 Å². The molecule has 14 heavy (non-hydrogen) atoms. The van der Waals surface area contributed by atoms with Crippen molar-refractivity contribution >= 4 is 22.4 Å². The van der Waals surface area contributed by atoms with Gasteiger partial charge in [0.15, 0.2) is 0 Å². The molecule has 4 heteroatoms. The van der Waals surface area contributed by atoms with Crippen LogP contribution >= 0.6 is 0 Å². The molecule has 1 rings (SSSR count). The zero-order valence-electron chi connectivity index (χ0n) is 8.27. The molecule has 0 bridgehead atoms. The minimum Gasteiger partial charge on any atom is -0.315 e. The topological polar surface area (TPSA) is 37.4 Å². The van der Waals surface area contributed by atoms with Crippen LogP contribution in [0.5, 0.6) is 0 Å². The number of anilines is 1. The minimum atomic E-state index is -1.08. The van der Waals surface area contributed by atoms with Crippen molar-refractivity contribution in [2.24, 2.45) is 0 Å². The van der Waals surface area contributed by atoms with Crippen LogP contribution in [0.4, 0.5) is 5.69 Å². The van der Waals surface area contributed by atoms with Gasteiger partial charge < -0.3 is 4.90 Å². The normalized spacial score (nSPS) is 12.1. The highest BCUT2D eigenvalue weighted by atomic mass is 32.2. The van der Waals surface area contributed by atoms with Gasteiger partial charge in [0.05, 0.1) is 0 Å². The van der Waals surface area contributed by atoms with Crippen LogP contribution in [0.25, 0.3) is 0 Å². The highest BCUT2D eigenvalue weighted by molar-refractivity contribution is 7.85. The number of hydrogen-bond acceptors (Lipinski definition) is 2. The van der Waals surface area contributed by atoms with E-state index >= 15 is 0 Å². The van der Waals surface area contributed by atoms with E-state index in [0.29, 0.717) is 0 Å². The molecule has 1 atom stereocenters. The Morgan fingerprint density at radius 3 is 2.43 bits per heavy atom. The van der Waals surface area contributed by atoms with Crippen LogP contribution in [-0.2, 0) is 15.6 Å². The van der Waals surface area contributed by atoms with E-state index in [0.717, 1.165) is 5.69 Å². The van der Waals surface area contributed by atoms with Crippen molar-refractivity contribution in [3.63, 3.8) is 0 Å². The van der Waals surface area contributed by atoms with Crippen molar-refractivity contribution in [3.8, 4) is 0 Å². The molecule has 0 saturated carbocycles. The Bertz CT molecular complexity index is 337. The van der Waals surface area contributed by atoms with Gasteiger partial charge >= 0.3 is 0 Å². The van der Waals surface area contributed by atoms with Crippen LogP contribution in [0.3, 0.4) is 0 Å². The smallest absolute Gasteiger partial charge is 0.239 e. The van der Waals surface area contributed by atoms with Gasteiger partial charge in [0.1, 0.15) is 5.75 Å². The summed E-state index contributed by atoms with van der Waals surface area (Å²) in [5.41, 5.74) is 0.822. The molecule has 0 N–H and O–H groups in total. The molecule has 0 fully saturated rings. The minimum absolute atomic E-state index is 0.0748. The molecular formula is C10H13NO2S. The van der Waals surface area contributed by atoms with E-state index in [-0.39, 0.29) is 11.7 Å². The lowest BCUT2D eigenvalue weighted by atomic mass is 10.3. The van der Waals surface area contributed by atoms with Crippen LogP contribution in [0.2, 0.25) is 0 Å². The van der Waals surface area contributed by atoms with Gasteiger partial charge in [0.2, 0.25) is 5.91 Å². The summed E-state index contributed by atoms with van der Waals surface area (Å²) in [5.74, 6) is -0.0530. The van der Waals surface area contributed by atoms with Gasteiger partial charge in [-0.1, -0.05) is 18.2 Å². The summed E-state index contributed by atoms with van der Waals surface area (Å²) in [4.78, 5) is 13.0. The van der Waals surface area contributed by atoms with Crippen LogP contribution < -0.4 is 4.90 Å². The standard InChI is InChI=1S/C10H13NO2S/c1-11(10(12)8-14(2)13)9-6-4-3-5-7-9/h3-7H,8H2,1-2H3. The molecule has 1 aromatic carbocycles. The Balaban J connectivity index is 2.71. The molecule has 76 valence electrons. The number of carbonyl (C=O) groups excluding carboxylic acids is 1. The van der Waals surface area contributed by atoms with Crippen LogP contribution in [-0.4, -0.2) is 29.2 Å². The second kappa shape index (κ2) is 4.91. The third kappa shape index (κ3) is 2.96. The molecule has 0 radical (unpaired) electrons. The predicted octanol–water partition coefficient (Wildman–Crippen LogP) is 1.03. The molecule has 0 spiro atoms. The van der Waals surface area contributed by atoms with Gasteiger partial charge in [-0.05, 0) is 12.1 Å². The fourth-order valence-corrected chi connectivity index (χ4v) is 1.61. The molecule has 0 aromatic heterocycles. The number of para-hydroxylation sites is 1. The first-order valence-electron chi connectivity index (χ1n) is 4.23. The molecule has 0 aliphatic rings. The van der Waals surface area contributed by atoms with E-state index in [2.05, 4.69) is 0 Å². The summed E-state index contributed by atoms with van der Waals surface area (Å²) < 4.78 is 10.9. The fourth-order valence-electron chi connectivity index (χ4n) is 1.07. The molecule has 1 aromatic rings. The molecule has 1 unspecified atom stereocenters. The fraction of sp³-hybridized carbons (Fsp3) is 0.300. The largest absolute Gasteiger partial charge is 0.315 e. The van der Waals surface area contributed by atoms with Gasteiger partial charge in [0, 0.05) is 29.8 Å². The Morgan fingerprint density at radius 1 is 1.36 bits per heavy atom. The Labute approximate surface area is 86.2 Å². The lowest BCUT2D eigenvalue weighted by molar-refractivity contribution is -0.115. The number of amides is 1. The third-order valence-corrected chi connectivity index (χ3v) is 2.50. The van der Waals surface area contributed by atoms with E-state index in [1.54, 1.807) is 7.05 Å². The van der Waals surface area contributed by atoms with Gasteiger partial charge in [-0.3, -0.25) is 9.00 Å². The Kier molecular flexibility index (Phi) is 3.83. The van der Waals surface area contributed by atoms with Gasteiger partial charge in [-0.2, -0.15) is 0 Å². The first kappa shape index (κ1) is 10.9. The number of benzene rings is 1. The molecule has 0 saturated heterocycles. The van der Waals surface area contributed by atoms with Gasteiger partial charge in [-0.15, -0.1) is 0 Å². The first-order chi connectivity index (χ1) is 6.61. The van der Waals surface area contributed by atoms with Crippen molar-refractivity contribution in [2.75, 3.05) is 24.0 Å². The van der Waals surface area contributed by atoms with Gasteiger partial charge in [0.25, 0.3) is 0 Å². The zero-order chi connectivity index (χ0) is 10.6. The lowest BCUT2D eigenvalue weighted by Gasteiger charge is -2.16. The summed E-state index contributed by atoms with van der Waals surface area (Å²) in [7, 11) is 0.604.